The molecule has 0 aliphatic rings. The van der Waals surface area contributed by atoms with Gasteiger partial charge in [-0.15, -0.1) is 0 Å². The molecule has 0 spiro atoms. The van der Waals surface area contributed by atoms with Crippen molar-refractivity contribution >= 4 is 5.82 Å². The van der Waals surface area contributed by atoms with Crippen molar-refractivity contribution in [2.75, 3.05) is 12.4 Å². The fourth-order valence-electron chi connectivity index (χ4n) is 1.45. The number of nitrogens with one attached hydrogen (secondary N) is 1. The second-order valence-corrected chi connectivity index (χ2v) is 3.19. The van der Waals surface area contributed by atoms with Gasteiger partial charge in [-0.1, -0.05) is 18.2 Å². The first-order valence-corrected chi connectivity index (χ1v) is 4.77. The highest BCUT2D eigenvalue weighted by molar-refractivity contribution is 5.44. The third-order valence-electron chi connectivity index (χ3n) is 2.22. The Morgan fingerprint density at radius 2 is 2.07 bits per heavy atom. The van der Waals surface area contributed by atoms with Gasteiger partial charge in [0.2, 0.25) is 0 Å². The first-order valence-electron chi connectivity index (χ1n) is 4.77. The highest BCUT2D eigenvalue weighted by Crippen LogP contribution is 2.15. The van der Waals surface area contributed by atoms with E-state index in [4.69, 9.17) is 5.11 Å². The van der Waals surface area contributed by atoms with E-state index in [1.807, 2.05) is 36.5 Å². The van der Waals surface area contributed by atoms with E-state index in [9.17, 15) is 0 Å². The molecule has 0 amide bonds. The molecule has 0 bridgehead atoms. The summed E-state index contributed by atoms with van der Waals surface area (Å²) in [6.07, 6.45) is 1.82. The van der Waals surface area contributed by atoms with Crippen LogP contribution in [0.3, 0.4) is 0 Å². The molecule has 0 saturated carbocycles. The summed E-state index contributed by atoms with van der Waals surface area (Å²) in [7, 11) is 1.79. The SMILES string of the molecule is CNc1nn(-c2ccccc2)cc1CO. The van der Waals surface area contributed by atoms with E-state index in [2.05, 4.69) is 10.4 Å². The second-order valence-electron chi connectivity index (χ2n) is 3.19. The molecular weight excluding hydrogens is 190 g/mol. The summed E-state index contributed by atoms with van der Waals surface area (Å²) in [6.45, 7) is -0.0109. The number of benzene rings is 1. The molecule has 2 rings (SSSR count). The van der Waals surface area contributed by atoms with Gasteiger partial charge in [0.15, 0.2) is 5.82 Å². The van der Waals surface area contributed by atoms with E-state index in [0.717, 1.165) is 11.3 Å². The maximum Gasteiger partial charge on any atom is 0.153 e. The first kappa shape index (κ1) is 9.73. The van der Waals surface area contributed by atoms with Crippen LogP contribution in [0.2, 0.25) is 0 Å². The molecule has 0 unspecified atom stereocenters. The number of aliphatic hydroxyl groups is 1. The maximum absolute atomic E-state index is 9.12. The molecule has 1 heterocycles. The van der Waals surface area contributed by atoms with Gasteiger partial charge in [-0.25, -0.2) is 4.68 Å². The number of hydrogen-bond acceptors (Lipinski definition) is 3. The summed E-state index contributed by atoms with van der Waals surface area (Å²) in [4.78, 5) is 0. The zero-order valence-corrected chi connectivity index (χ0v) is 8.51. The fourth-order valence-corrected chi connectivity index (χ4v) is 1.45. The lowest BCUT2D eigenvalue weighted by atomic mass is 10.3. The van der Waals surface area contributed by atoms with E-state index < -0.39 is 0 Å². The van der Waals surface area contributed by atoms with Crippen molar-refractivity contribution in [3.63, 3.8) is 0 Å². The Kier molecular flexibility index (Phi) is 2.69. The summed E-state index contributed by atoms with van der Waals surface area (Å²) in [5.74, 6) is 0.710. The lowest BCUT2D eigenvalue weighted by Crippen LogP contribution is -1.96. The van der Waals surface area contributed by atoms with Gasteiger partial charge in [0, 0.05) is 18.8 Å². The summed E-state index contributed by atoms with van der Waals surface area (Å²) >= 11 is 0. The number of anilines is 1. The minimum atomic E-state index is -0.0109. The summed E-state index contributed by atoms with van der Waals surface area (Å²) < 4.78 is 1.75. The van der Waals surface area contributed by atoms with Gasteiger partial charge in [-0.2, -0.15) is 5.10 Å². The summed E-state index contributed by atoms with van der Waals surface area (Å²) in [5, 5.41) is 16.4. The van der Waals surface area contributed by atoms with Crippen molar-refractivity contribution in [2.45, 2.75) is 6.61 Å². The molecule has 2 aromatic rings. The average molecular weight is 203 g/mol. The highest BCUT2D eigenvalue weighted by Gasteiger charge is 2.06. The molecule has 78 valence electrons. The van der Waals surface area contributed by atoms with Crippen molar-refractivity contribution in [1.82, 2.24) is 9.78 Å². The maximum atomic E-state index is 9.12. The van der Waals surface area contributed by atoms with Crippen LogP contribution in [0.15, 0.2) is 36.5 Å². The van der Waals surface area contributed by atoms with Gasteiger partial charge in [0.1, 0.15) is 0 Å². The van der Waals surface area contributed by atoms with Crippen LogP contribution in [0.5, 0.6) is 0 Å². The van der Waals surface area contributed by atoms with Crippen molar-refractivity contribution < 1.29 is 5.11 Å². The Bertz CT molecular complexity index is 415. The van der Waals surface area contributed by atoms with Crippen LogP contribution in [-0.2, 0) is 6.61 Å². The molecule has 0 aliphatic heterocycles. The number of aromatic nitrogens is 2. The number of hydrogen-bond donors (Lipinski definition) is 2. The summed E-state index contributed by atoms with van der Waals surface area (Å²) in [6, 6.07) is 9.80. The fraction of sp³-hybridized carbons (Fsp3) is 0.182. The van der Waals surface area contributed by atoms with Crippen molar-refractivity contribution in [3.8, 4) is 5.69 Å². The number of para-hydroxylation sites is 1. The molecule has 0 atom stereocenters. The van der Waals surface area contributed by atoms with E-state index in [-0.39, 0.29) is 6.61 Å². The Morgan fingerprint density at radius 1 is 1.33 bits per heavy atom. The van der Waals surface area contributed by atoms with E-state index in [0.29, 0.717) is 5.82 Å². The Morgan fingerprint density at radius 3 is 2.60 bits per heavy atom. The van der Waals surface area contributed by atoms with Crippen LogP contribution in [0, 0.1) is 0 Å². The van der Waals surface area contributed by atoms with Crippen LogP contribution in [0.4, 0.5) is 5.82 Å². The van der Waals surface area contributed by atoms with Gasteiger partial charge in [-0.05, 0) is 12.1 Å². The zero-order valence-electron chi connectivity index (χ0n) is 8.51. The molecule has 1 aromatic heterocycles. The van der Waals surface area contributed by atoms with Crippen molar-refractivity contribution in [2.24, 2.45) is 0 Å². The van der Waals surface area contributed by atoms with E-state index in [1.165, 1.54) is 0 Å². The standard InChI is InChI=1S/C11H13N3O/c1-12-11-9(8-15)7-14(13-11)10-5-3-2-4-6-10/h2-7,15H,8H2,1H3,(H,12,13). The van der Waals surface area contributed by atoms with Crippen LogP contribution >= 0.6 is 0 Å². The molecule has 0 saturated heterocycles. The predicted molar refractivity (Wildman–Crippen MR) is 59.0 cm³/mol. The molecule has 4 nitrogen and oxygen atoms in total. The van der Waals surface area contributed by atoms with Crippen LogP contribution in [0.1, 0.15) is 5.56 Å². The van der Waals surface area contributed by atoms with Crippen LogP contribution in [0.25, 0.3) is 5.69 Å². The van der Waals surface area contributed by atoms with Crippen molar-refractivity contribution in [3.05, 3.63) is 42.1 Å². The molecule has 4 heteroatoms. The summed E-state index contributed by atoms with van der Waals surface area (Å²) in [5.41, 5.74) is 1.77. The Labute approximate surface area is 88.2 Å². The topological polar surface area (TPSA) is 50.1 Å². The van der Waals surface area contributed by atoms with Crippen LogP contribution in [-0.4, -0.2) is 21.9 Å². The quantitative estimate of drug-likeness (QED) is 0.793. The monoisotopic (exact) mass is 203 g/mol. The van der Waals surface area contributed by atoms with Gasteiger partial charge in [0.25, 0.3) is 0 Å². The van der Waals surface area contributed by atoms with E-state index >= 15 is 0 Å². The highest BCUT2D eigenvalue weighted by atomic mass is 16.3. The largest absolute Gasteiger partial charge is 0.391 e. The minimum absolute atomic E-state index is 0.0109. The molecule has 0 radical (unpaired) electrons. The minimum Gasteiger partial charge on any atom is -0.391 e. The van der Waals surface area contributed by atoms with Gasteiger partial charge >= 0.3 is 0 Å². The average Bonchev–Trinajstić information content (AvgIpc) is 2.73. The Balaban J connectivity index is 2.42. The number of rotatable bonds is 3. The molecule has 0 fully saturated rings. The second kappa shape index (κ2) is 4.14. The van der Waals surface area contributed by atoms with Gasteiger partial charge in [0.05, 0.1) is 12.3 Å². The van der Waals surface area contributed by atoms with Crippen molar-refractivity contribution in [1.29, 1.82) is 0 Å². The third kappa shape index (κ3) is 1.85. The predicted octanol–water partition coefficient (Wildman–Crippen LogP) is 1.41. The van der Waals surface area contributed by atoms with Gasteiger partial charge < -0.3 is 10.4 Å². The first-order chi connectivity index (χ1) is 7.35. The molecule has 2 N–H and O–H groups in total. The normalized spacial score (nSPS) is 10.3. The molecule has 0 aliphatic carbocycles. The molecule has 1 aromatic carbocycles. The Hall–Kier alpha value is -1.81. The lowest BCUT2D eigenvalue weighted by molar-refractivity contribution is 0.282. The van der Waals surface area contributed by atoms with E-state index in [1.54, 1.807) is 11.7 Å². The zero-order chi connectivity index (χ0) is 10.7. The lowest BCUT2D eigenvalue weighted by Gasteiger charge is -1.99. The van der Waals surface area contributed by atoms with Gasteiger partial charge in [-0.3, -0.25) is 0 Å². The molecular formula is C11H13N3O. The molecule has 15 heavy (non-hydrogen) atoms. The number of aliphatic hydroxyl groups excluding tert-OH is 1. The third-order valence-corrected chi connectivity index (χ3v) is 2.22. The van der Waals surface area contributed by atoms with Crippen LogP contribution < -0.4 is 5.32 Å². The number of nitrogens with zero attached hydrogens (tertiary/aromatic N) is 2. The smallest absolute Gasteiger partial charge is 0.153 e.